The van der Waals surface area contributed by atoms with Crippen molar-refractivity contribution < 1.29 is 23.4 Å². The van der Waals surface area contributed by atoms with Crippen LogP contribution in [0.25, 0.3) is 0 Å². The molecule has 0 spiro atoms. The molecular weight excluding hydrogens is 337 g/mol. The van der Waals surface area contributed by atoms with Crippen LogP contribution < -0.4 is 5.32 Å². The first kappa shape index (κ1) is 17.7. The predicted molar refractivity (Wildman–Crippen MR) is 82.6 cm³/mol. The molecule has 2 aromatic rings. The van der Waals surface area contributed by atoms with Crippen molar-refractivity contribution in [3.8, 4) is 5.75 Å². The lowest BCUT2D eigenvalue weighted by Crippen LogP contribution is -2.47. The molecule has 136 valence electrons. The van der Waals surface area contributed by atoms with Gasteiger partial charge in [-0.05, 0) is 31.0 Å². The smallest absolute Gasteiger partial charge is 0.419 e. The minimum atomic E-state index is -4.64. The third-order valence-corrected chi connectivity index (χ3v) is 4.49. The van der Waals surface area contributed by atoms with Gasteiger partial charge < -0.3 is 15.5 Å². The highest BCUT2D eigenvalue weighted by Crippen LogP contribution is 2.43. The summed E-state index contributed by atoms with van der Waals surface area (Å²) in [6.45, 7) is 1.87. The molecule has 2 heterocycles. The zero-order valence-electron chi connectivity index (χ0n) is 13.7. The van der Waals surface area contributed by atoms with Crippen LogP contribution in [0.1, 0.15) is 42.6 Å². The zero-order chi connectivity index (χ0) is 18.4. The number of aromatic nitrogens is 3. The molecule has 0 saturated carbocycles. The topological polar surface area (TPSA) is 83.2 Å². The Hall–Kier alpha value is -2.13. The second kappa shape index (κ2) is 5.99. The molecule has 6 nitrogen and oxygen atoms in total. The molecule has 0 amide bonds. The van der Waals surface area contributed by atoms with Crippen molar-refractivity contribution in [2.45, 2.75) is 43.6 Å². The highest BCUT2D eigenvalue weighted by molar-refractivity contribution is 5.41. The van der Waals surface area contributed by atoms with E-state index < -0.39 is 23.1 Å². The van der Waals surface area contributed by atoms with Crippen LogP contribution in [-0.2, 0) is 18.8 Å². The average Bonchev–Trinajstić information content (AvgIpc) is 2.91. The number of aromatic hydroxyl groups is 1. The van der Waals surface area contributed by atoms with E-state index in [9.17, 15) is 23.4 Å². The fourth-order valence-corrected chi connectivity index (χ4v) is 3.40. The fraction of sp³-hybridized carbons (Fsp3) is 0.500. The molecule has 1 saturated heterocycles. The molecule has 0 radical (unpaired) electrons. The Balaban J connectivity index is 1.93. The number of hydrogen-bond acceptors (Lipinski definition) is 5. The van der Waals surface area contributed by atoms with E-state index in [0.29, 0.717) is 12.1 Å². The second-order valence-corrected chi connectivity index (χ2v) is 6.61. The standard InChI is InChI=1S/C16H19F3N4O2/c1-9-6-15(25,7-12(20-9)13-8-23(2)22-21-13)10-3-4-11(14(24)5-10)16(17,18)19/h3-5,8-9,12,20,24-25H,6-7H2,1-2H3/t9-,12-,15-/m0/s1. The van der Waals surface area contributed by atoms with Crippen molar-refractivity contribution in [1.82, 2.24) is 20.3 Å². The monoisotopic (exact) mass is 356 g/mol. The zero-order valence-corrected chi connectivity index (χ0v) is 13.7. The summed E-state index contributed by atoms with van der Waals surface area (Å²) >= 11 is 0. The number of aryl methyl sites for hydroxylation is 1. The van der Waals surface area contributed by atoms with E-state index >= 15 is 0 Å². The molecule has 0 bridgehead atoms. The van der Waals surface area contributed by atoms with Crippen molar-refractivity contribution in [3.05, 3.63) is 41.2 Å². The molecule has 9 heteroatoms. The summed E-state index contributed by atoms with van der Waals surface area (Å²) in [7, 11) is 1.73. The lowest BCUT2D eigenvalue weighted by Gasteiger charge is -2.41. The van der Waals surface area contributed by atoms with E-state index in [2.05, 4.69) is 15.6 Å². The summed E-state index contributed by atoms with van der Waals surface area (Å²) in [6, 6.07) is 2.61. The summed E-state index contributed by atoms with van der Waals surface area (Å²) in [5, 5.41) is 32.0. The Labute approximate surface area is 142 Å². The van der Waals surface area contributed by atoms with E-state index in [1.807, 2.05) is 6.92 Å². The normalized spacial score (nSPS) is 27.4. The van der Waals surface area contributed by atoms with Crippen molar-refractivity contribution in [2.75, 3.05) is 0 Å². The third-order valence-electron chi connectivity index (χ3n) is 4.49. The van der Waals surface area contributed by atoms with Crippen LogP contribution >= 0.6 is 0 Å². The molecule has 1 aromatic carbocycles. The number of piperidine rings is 1. The number of hydrogen-bond donors (Lipinski definition) is 3. The largest absolute Gasteiger partial charge is 0.507 e. The van der Waals surface area contributed by atoms with Crippen LogP contribution in [0.4, 0.5) is 13.2 Å². The molecule has 25 heavy (non-hydrogen) atoms. The van der Waals surface area contributed by atoms with E-state index in [1.165, 1.54) is 6.07 Å². The van der Waals surface area contributed by atoms with Crippen LogP contribution in [0.5, 0.6) is 5.75 Å². The number of halogens is 3. The number of aliphatic hydroxyl groups is 1. The number of alkyl halides is 3. The highest BCUT2D eigenvalue weighted by Gasteiger charge is 2.41. The van der Waals surface area contributed by atoms with Gasteiger partial charge in [-0.25, -0.2) is 0 Å². The minimum absolute atomic E-state index is 0.102. The van der Waals surface area contributed by atoms with Gasteiger partial charge in [-0.15, -0.1) is 5.10 Å². The van der Waals surface area contributed by atoms with E-state index in [4.69, 9.17) is 0 Å². The summed E-state index contributed by atoms with van der Waals surface area (Å²) < 4.78 is 40.0. The summed E-state index contributed by atoms with van der Waals surface area (Å²) in [5.74, 6) is -0.888. The Morgan fingerprint density at radius 3 is 2.60 bits per heavy atom. The van der Waals surface area contributed by atoms with Gasteiger partial charge >= 0.3 is 6.18 Å². The molecule has 0 aliphatic carbocycles. The van der Waals surface area contributed by atoms with Crippen LogP contribution in [0.3, 0.4) is 0 Å². The molecule has 3 N–H and O–H groups in total. The molecular formula is C16H19F3N4O2. The molecule has 0 unspecified atom stereocenters. The predicted octanol–water partition coefficient (Wildman–Crippen LogP) is 2.24. The van der Waals surface area contributed by atoms with E-state index in [1.54, 1.807) is 17.9 Å². The van der Waals surface area contributed by atoms with Gasteiger partial charge in [-0.3, -0.25) is 4.68 Å². The van der Waals surface area contributed by atoms with Crippen LogP contribution in [0.15, 0.2) is 24.4 Å². The average molecular weight is 356 g/mol. The van der Waals surface area contributed by atoms with Gasteiger partial charge in [-0.2, -0.15) is 13.2 Å². The fourth-order valence-electron chi connectivity index (χ4n) is 3.40. The molecule has 1 aromatic heterocycles. The van der Waals surface area contributed by atoms with Gasteiger partial charge in [0, 0.05) is 25.7 Å². The first-order chi connectivity index (χ1) is 11.6. The van der Waals surface area contributed by atoms with Gasteiger partial charge in [-0.1, -0.05) is 11.3 Å². The van der Waals surface area contributed by atoms with Crippen molar-refractivity contribution in [3.63, 3.8) is 0 Å². The quantitative estimate of drug-likeness (QED) is 0.769. The number of phenolic OH excluding ortho intramolecular Hbond substituents is 1. The molecule has 1 aliphatic heterocycles. The van der Waals surface area contributed by atoms with Gasteiger partial charge in [0.2, 0.25) is 0 Å². The number of phenols is 1. The number of nitrogens with zero attached hydrogens (tertiary/aromatic N) is 3. The SMILES string of the molecule is C[C@H]1C[C@@](O)(c2ccc(C(F)(F)F)c(O)c2)C[C@@H](c2cn(C)nn2)N1. The van der Waals surface area contributed by atoms with Crippen molar-refractivity contribution in [2.24, 2.45) is 7.05 Å². The van der Waals surface area contributed by atoms with E-state index in [-0.39, 0.29) is 24.1 Å². The first-order valence-electron chi connectivity index (χ1n) is 7.84. The van der Waals surface area contributed by atoms with Crippen LogP contribution in [0.2, 0.25) is 0 Å². The van der Waals surface area contributed by atoms with Gasteiger partial charge in [0.1, 0.15) is 5.75 Å². The third kappa shape index (κ3) is 3.47. The molecule has 3 atom stereocenters. The van der Waals surface area contributed by atoms with Gasteiger partial charge in [0.15, 0.2) is 0 Å². The molecule has 3 rings (SSSR count). The maximum absolute atomic E-state index is 12.8. The second-order valence-electron chi connectivity index (χ2n) is 6.61. The van der Waals surface area contributed by atoms with Crippen LogP contribution in [0, 0.1) is 0 Å². The Kier molecular flexibility index (Phi) is 4.24. The van der Waals surface area contributed by atoms with Gasteiger partial charge in [0.25, 0.3) is 0 Å². The van der Waals surface area contributed by atoms with Crippen molar-refractivity contribution >= 4 is 0 Å². The Bertz CT molecular complexity index is 777. The summed E-state index contributed by atoms with van der Waals surface area (Å²) in [5.41, 5.74) is -1.61. The Morgan fingerprint density at radius 2 is 2.04 bits per heavy atom. The molecule has 1 aliphatic rings. The van der Waals surface area contributed by atoms with Crippen molar-refractivity contribution in [1.29, 1.82) is 0 Å². The van der Waals surface area contributed by atoms with Crippen LogP contribution in [-0.4, -0.2) is 31.2 Å². The minimum Gasteiger partial charge on any atom is -0.507 e. The molecule has 1 fully saturated rings. The number of nitrogens with one attached hydrogen (secondary N) is 1. The summed E-state index contributed by atoms with van der Waals surface area (Å²) in [4.78, 5) is 0. The van der Waals surface area contributed by atoms with Gasteiger partial charge in [0.05, 0.1) is 22.9 Å². The lowest BCUT2D eigenvalue weighted by molar-refractivity contribution is -0.138. The number of rotatable bonds is 2. The first-order valence-corrected chi connectivity index (χ1v) is 7.84. The summed E-state index contributed by atoms with van der Waals surface area (Å²) in [6.07, 6.45) is -2.41. The number of benzene rings is 1. The maximum Gasteiger partial charge on any atom is 0.419 e. The highest BCUT2D eigenvalue weighted by atomic mass is 19.4. The van der Waals surface area contributed by atoms with E-state index in [0.717, 1.165) is 12.1 Å². The maximum atomic E-state index is 12.8. The Morgan fingerprint density at radius 1 is 1.32 bits per heavy atom. The lowest BCUT2D eigenvalue weighted by atomic mass is 9.78.